The van der Waals surface area contributed by atoms with Crippen LogP contribution >= 0.6 is 0 Å². The van der Waals surface area contributed by atoms with E-state index in [1.165, 1.54) is 29.2 Å². The summed E-state index contributed by atoms with van der Waals surface area (Å²) in [6.07, 6.45) is 1.36. The standard InChI is InChI=1S/C27H29FN4O3/c1-19(2)30-27(35)26(21-11-13-22(28)14-12-21)32(18-20-8-4-3-5-9-20)25(34)16-15-24(33)31-23-10-6-7-17-29-23/h3-14,17,19,26H,15-16,18H2,1-2H3,(H,30,35)(H,29,31,33). The Morgan fingerprint density at radius 1 is 0.914 bits per heavy atom. The van der Waals surface area contributed by atoms with Gasteiger partial charge in [0, 0.05) is 31.6 Å². The monoisotopic (exact) mass is 476 g/mol. The number of aromatic nitrogens is 1. The highest BCUT2D eigenvalue weighted by Crippen LogP contribution is 2.25. The van der Waals surface area contributed by atoms with Gasteiger partial charge in [0.25, 0.3) is 0 Å². The second kappa shape index (κ2) is 12.4. The van der Waals surface area contributed by atoms with Crippen LogP contribution in [0.5, 0.6) is 0 Å². The minimum absolute atomic E-state index is 0.0807. The number of rotatable bonds is 10. The molecule has 7 nitrogen and oxygen atoms in total. The Hall–Kier alpha value is -4.07. The Morgan fingerprint density at radius 2 is 1.60 bits per heavy atom. The van der Waals surface area contributed by atoms with E-state index in [-0.39, 0.29) is 43.1 Å². The topological polar surface area (TPSA) is 91.4 Å². The van der Waals surface area contributed by atoms with Gasteiger partial charge in [0.2, 0.25) is 17.7 Å². The van der Waals surface area contributed by atoms with E-state index in [1.807, 2.05) is 44.2 Å². The predicted octanol–water partition coefficient (Wildman–Crippen LogP) is 4.23. The molecule has 3 rings (SSSR count). The van der Waals surface area contributed by atoms with Gasteiger partial charge in [-0.1, -0.05) is 48.5 Å². The first-order valence-electron chi connectivity index (χ1n) is 11.4. The smallest absolute Gasteiger partial charge is 0.247 e. The number of pyridine rings is 1. The number of hydrogen-bond acceptors (Lipinski definition) is 4. The largest absolute Gasteiger partial charge is 0.352 e. The normalized spacial score (nSPS) is 11.5. The molecular weight excluding hydrogens is 447 g/mol. The average molecular weight is 477 g/mol. The van der Waals surface area contributed by atoms with Gasteiger partial charge in [0.15, 0.2) is 0 Å². The van der Waals surface area contributed by atoms with Gasteiger partial charge < -0.3 is 15.5 Å². The zero-order valence-corrected chi connectivity index (χ0v) is 19.8. The van der Waals surface area contributed by atoms with Crippen LogP contribution in [0.3, 0.4) is 0 Å². The van der Waals surface area contributed by atoms with Crippen LogP contribution in [0.25, 0.3) is 0 Å². The second-order valence-electron chi connectivity index (χ2n) is 8.39. The van der Waals surface area contributed by atoms with Crippen molar-refractivity contribution in [3.05, 3.63) is 95.9 Å². The molecule has 2 N–H and O–H groups in total. The summed E-state index contributed by atoms with van der Waals surface area (Å²) in [5.74, 6) is -1.16. The van der Waals surface area contributed by atoms with Gasteiger partial charge in [-0.25, -0.2) is 9.37 Å². The molecule has 1 unspecified atom stereocenters. The highest BCUT2D eigenvalue weighted by atomic mass is 19.1. The van der Waals surface area contributed by atoms with Crippen molar-refractivity contribution in [3.63, 3.8) is 0 Å². The van der Waals surface area contributed by atoms with E-state index >= 15 is 0 Å². The molecule has 0 aliphatic carbocycles. The van der Waals surface area contributed by atoms with Crippen molar-refractivity contribution in [1.29, 1.82) is 0 Å². The number of nitrogens with zero attached hydrogens (tertiary/aromatic N) is 2. The number of benzene rings is 2. The van der Waals surface area contributed by atoms with Gasteiger partial charge >= 0.3 is 0 Å². The minimum atomic E-state index is -0.996. The van der Waals surface area contributed by atoms with Crippen molar-refractivity contribution in [1.82, 2.24) is 15.2 Å². The molecule has 1 heterocycles. The number of carbonyl (C=O) groups excluding carboxylic acids is 3. The lowest BCUT2D eigenvalue weighted by Crippen LogP contribution is -2.45. The van der Waals surface area contributed by atoms with E-state index in [2.05, 4.69) is 15.6 Å². The Bertz CT molecular complexity index is 1120. The molecule has 0 spiro atoms. The molecule has 3 aromatic rings. The highest BCUT2D eigenvalue weighted by Gasteiger charge is 2.32. The lowest BCUT2D eigenvalue weighted by atomic mass is 10.0. The van der Waals surface area contributed by atoms with Crippen LogP contribution in [0.2, 0.25) is 0 Å². The predicted molar refractivity (Wildman–Crippen MR) is 132 cm³/mol. The molecule has 1 atom stereocenters. The maximum absolute atomic E-state index is 13.6. The maximum atomic E-state index is 13.6. The summed E-state index contributed by atoms with van der Waals surface area (Å²) in [6.45, 7) is 3.80. The number of anilines is 1. The third-order valence-electron chi connectivity index (χ3n) is 5.19. The Kier molecular flexibility index (Phi) is 9.06. The van der Waals surface area contributed by atoms with Gasteiger partial charge in [-0.15, -0.1) is 0 Å². The van der Waals surface area contributed by atoms with Gasteiger partial charge in [0.1, 0.15) is 17.7 Å². The lowest BCUT2D eigenvalue weighted by Gasteiger charge is -2.32. The van der Waals surface area contributed by atoms with Crippen molar-refractivity contribution in [2.45, 2.75) is 45.3 Å². The SMILES string of the molecule is CC(C)NC(=O)C(c1ccc(F)cc1)N(Cc1ccccc1)C(=O)CCC(=O)Nc1ccccn1. The van der Waals surface area contributed by atoms with Crippen LogP contribution in [-0.2, 0) is 20.9 Å². The van der Waals surface area contributed by atoms with Crippen molar-refractivity contribution < 1.29 is 18.8 Å². The third kappa shape index (κ3) is 7.74. The number of halogens is 1. The quantitative estimate of drug-likeness (QED) is 0.458. The first-order valence-corrected chi connectivity index (χ1v) is 11.4. The third-order valence-corrected chi connectivity index (χ3v) is 5.19. The molecule has 0 saturated heterocycles. The van der Waals surface area contributed by atoms with E-state index in [0.717, 1.165) is 5.56 Å². The maximum Gasteiger partial charge on any atom is 0.247 e. The molecule has 0 radical (unpaired) electrons. The summed E-state index contributed by atoms with van der Waals surface area (Å²) in [6, 6.07) is 18.8. The van der Waals surface area contributed by atoms with Crippen LogP contribution < -0.4 is 10.6 Å². The van der Waals surface area contributed by atoms with E-state index in [4.69, 9.17) is 0 Å². The molecule has 0 fully saturated rings. The van der Waals surface area contributed by atoms with Crippen LogP contribution in [0.4, 0.5) is 10.2 Å². The van der Waals surface area contributed by atoms with Crippen LogP contribution in [0, 0.1) is 5.82 Å². The number of amides is 3. The lowest BCUT2D eigenvalue weighted by molar-refractivity contribution is -0.142. The number of hydrogen-bond donors (Lipinski definition) is 2. The second-order valence-corrected chi connectivity index (χ2v) is 8.39. The van der Waals surface area contributed by atoms with Crippen molar-refractivity contribution in [3.8, 4) is 0 Å². The van der Waals surface area contributed by atoms with E-state index < -0.39 is 11.9 Å². The summed E-state index contributed by atoms with van der Waals surface area (Å²) in [5.41, 5.74) is 1.30. The molecule has 35 heavy (non-hydrogen) atoms. The summed E-state index contributed by atoms with van der Waals surface area (Å²) >= 11 is 0. The highest BCUT2D eigenvalue weighted by molar-refractivity contribution is 5.94. The van der Waals surface area contributed by atoms with Crippen molar-refractivity contribution >= 4 is 23.5 Å². The van der Waals surface area contributed by atoms with Crippen molar-refractivity contribution in [2.24, 2.45) is 0 Å². The van der Waals surface area contributed by atoms with Gasteiger partial charge in [0.05, 0.1) is 0 Å². The summed E-state index contributed by atoms with van der Waals surface area (Å²) in [7, 11) is 0. The molecule has 8 heteroatoms. The Labute approximate surface area is 204 Å². The fourth-order valence-corrected chi connectivity index (χ4v) is 3.59. The molecule has 0 saturated carbocycles. The molecule has 1 aromatic heterocycles. The molecule has 0 bridgehead atoms. The minimum Gasteiger partial charge on any atom is -0.352 e. The molecule has 3 amide bonds. The Morgan fingerprint density at radius 3 is 2.23 bits per heavy atom. The van der Waals surface area contributed by atoms with Gasteiger partial charge in [-0.2, -0.15) is 0 Å². The van der Waals surface area contributed by atoms with E-state index in [9.17, 15) is 18.8 Å². The molecule has 182 valence electrons. The van der Waals surface area contributed by atoms with Crippen LogP contribution in [-0.4, -0.2) is 33.6 Å². The van der Waals surface area contributed by atoms with E-state index in [0.29, 0.717) is 11.4 Å². The van der Waals surface area contributed by atoms with Crippen molar-refractivity contribution in [2.75, 3.05) is 5.32 Å². The molecule has 2 aromatic carbocycles. The molecule has 0 aliphatic rings. The molecule has 0 aliphatic heterocycles. The first kappa shape index (κ1) is 25.6. The molecular formula is C27H29FN4O3. The first-order chi connectivity index (χ1) is 16.8. The van der Waals surface area contributed by atoms with Gasteiger partial charge in [-0.05, 0) is 49.2 Å². The fourth-order valence-electron chi connectivity index (χ4n) is 3.59. The summed E-state index contributed by atoms with van der Waals surface area (Å²) < 4.78 is 13.6. The fraction of sp³-hybridized carbons (Fsp3) is 0.259. The Balaban J connectivity index is 1.86. The zero-order valence-electron chi connectivity index (χ0n) is 19.8. The average Bonchev–Trinajstić information content (AvgIpc) is 2.84. The summed E-state index contributed by atoms with van der Waals surface area (Å²) in [5, 5.41) is 5.52. The summed E-state index contributed by atoms with van der Waals surface area (Å²) in [4.78, 5) is 44.6. The van der Waals surface area contributed by atoms with Gasteiger partial charge in [-0.3, -0.25) is 14.4 Å². The van der Waals surface area contributed by atoms with Crippen LogP contribution in [0.1, 0.15) is 43.9 Å². The number of carbonyl (C=O) groups is 3. The number of nitrogens with one attached hydrogen (secondary N) is 2. The van der Waals surface area contributed by atoms with Crippen LogP contribution in [0.15, 0.2) is 79.0 Å². The zero-order chi connectivity index (χ0) is 25.2. The van der Waals surface area contributed by atoms with E-state index in [1.54, 1.807) is 24.4 Å².